The van der Waals surface area contributed by atoms with Gasteiger partial charge in [-0.05, 0) is 56.5 Å². The highest BCUT2D eigenvalue weighted by atomic mass is 35.5. The molecule has 8 heteroatoms. The number of carbonyl (C=O) groups is 2. The standard InChI is InChI=1S/C24H28ClN3O3S/c1-4-23(2,3)32(31)24(11-12-24)16-27-13-14-28-19(9-10-20(28)22(27)30)21(29)26-15-17-5-7-18(25)8-6-17/h4-10H,1,11-16H2,2-3H3,(H,26,29). The molecule has 32 heavy (non-hydrogen) atoms. The first-order valence-electron chi connectivity index (χ1n) is 10.7. The monoisotopic (exact) mass is 473 g/mol. The van der Waals surface area contributed by atoms with E-state index < -0.39 is 15.5 Å². The molecule has 1 N–H and O–H groups in total. The second-order valence-corrected chi connectivity index (χ2v) is 11.9. The van der Waals surface area contributed by atoms with E-state index in [9.17, 15) is 13.8 Å². The van der Waals surface area contributed by atoms with Crippen molar-refractivity contribution >= 4 is 34.2 Å². The first kappa shape index (κ1) is 22.8. The van der Waals surface area contributed by atoms with Gasteiger partial charge in [-0.25, -0.2) is 0 Å². The first-order valence-corrected chi connectivity index (χ1v) is 12.3. The van der Waals surface area contributed by atoms with E-state index >= 15 is 0 Å². The van der Waals surface area contributed by atoms with E-state index in [0.29, 0.717) is 42.6 Å². The molecule has 0 spiro atoms. The molecule has 0 saturated heterocycles. The normalized spacial score (nSPS) is 18.1. The second-order valence-electron chi connectivity index (χ2n) is 9.05. The van der Waals surface area contributed by atoms with Crippen LogP contribution in [0, 0.1) is 0 Å². The minimum absolute atomic E-state index is 0.118. The summed E-state index contributed by atoms with van der Waals surface area (Å²) >= 11 is 5.90. The van der Waals surface area contributed by atoms with Gasteiger partial charge in [0.1, 0.15) is 11.4 Å². The molecule has 2 aromatic rings. The third-order valence-corrected chi connectivity index (χ3v) is 9.03. The number of halogens is 1. The average molecular weight is 474 g/mol. The fourth-order valence-corrected chi connectivity index (χ4v) is 6.27. The molecule has 170 valence electrons. The van der Waals surface area contributed by atoms with Gasteiger partial charge in [0.2, 0.25) is 0 Å². The summed E-state index contributed by atoms with van der Waals surface area (Å²) in [7, 11) is -1.12. The Kier molecular flexibility index (Phi) is 6.07. The van der Waals surface area contributed by atoms with Crippen LogP contribution >= 0.6 is 11.6 Å². The van der Waals surface area contributed by atoms with Gasteiger partial charge in [-0.1, -0.05) is 29.8 Å². The van der Waals surface area contributed by atoms with Crippen LogP contribution in [0.4, 0.5) is 0 Å². The number of hydrogen-bond donors (Lipinski definition) is 1. The van der Waals surface area contributed by atoms with E-state index in [1.807, 2.05) is 26.0 Å². The maximum Gasteiger partial charge on any atom is 0.270 e. The lowest BCUT2D eigenvalue weighted by atomic mass is 10.2. The summed E-state index contributed by atoms with van der Waals surface area (Å²) in [6.45, 7) is 9.55. The van der Waals surface area contributed by atoms with Crippen molar-refractivity contribution < 1.29 is 13.8 Å². The molecule has 4 rings (SSSR count). The SMILES string of the molecule is C=CC(C)(C)S(=O)C1(CN2CCn3c(C(=O)NCc4ccc(Cl)cc4)ccc3C2=O)CC1. The van der Waals surface area contributed by atoms with Crippen LogP contribution in [-0.2, 0) is 23.9 Å². The number of nitrogens with zero attached hydrogens (tertiary/aromatic N) is 2. The van der Waals surface area contributed by atoms with Crippen molar-refractivity contribution in [1.82, 2.24) is 14.8 Å². The zero-order valence-corrected chi connectivity index (χ0v) is 20.0. The molecule has 1 aliphatic carbocycles. The highest BCUT2D eigenvalue weighted by molar-refractivity contribution is 7.88. The van der Waals surface area contributed by atoms with Crippen molar-refractivity contribution in [2.45, 2.75) is 49.3 Å². The molecule has 0 bridgehead atoms. The van der Waals surface area contributed by atoms with E-state index in [4.69, 9.17) is 11.6 Å². The highest BCUT2D eigenvalue weighted by Gasteiger charge is 2.54. The van der Waals surface area contributed by atoms with Crippen molar-refractivity contribution in [2.75, 3.05) is 13.1 Å². The van der Waals surface area contributed by atoms with Crippen molar-refractivity contribution in [3.8, 4) is 0 Å². The maximum absolute atomic E-state index is 13.2. The van der Waals surface area contributed by atoms with Crippen molar-refractivity contribution in [3.05, 3.63) is 71.0 Å². The molecule has 2 heterocycles. The van der Waals surface area contributed by atoms with Crippen LogP contribution in [0.3, 0.4) is 0 Å². The largest absolute Gasteiger partial charge is 0.347 e. The molecule has 1 aromatic carbocycles. The van der Waals surface area contributed by atoms with E-state index in [1.54, 1.807) is 39.8 Å². The van der Waals surface area contributed by atoms with Crippen LogP contribution in [0.2, 0.25) is 5.02 Å². The van der Waals surface area contributed by atoms with E-state index in [1.165, 1.54) is 0 Å². The Morgan fingerprint density at radius 1 is 1.22 bits per heavy atom. The van der Waals surface area contributed by atoms with Crippen LogP contribution in [0.15, 0.2) is 49.1 Å². The summed E-state index contributed by atoms with van der Waals surface area (Å²) in [4.78, 5) is 27.7. The van der Waals surface area contributed by atoms with E-state index in [2.05, 4.69) is 11.9 Å². The fraction of sp³-hybridized carbons (Fsp3) is 0.417. The quantitative estimate of drug-likeness (QED) is 0.593. The van der Waals surface area contributed by atoms with Gasteiger partial charge in [-0.2, -0.15) is 0 Å². The van der Waals surface area contributed by atoms with Gasteiger partial charge in [0.05, 0.1) is 9.49 Å². The van der Waals surface area contributed by atoms with Gasteiger partial charge in [-0.3, -0.25) is 13.8 Å². The molecule has 2 aliphatic rings. The molecular formula is C24H28ClN3O3S. The second kappa shape index (κ2) is 8.52. The minimum Gasteiger partial charge on any atom is -0.347 e. The summed E-state index contributed by atoms with van der Waals surface area (Å²) in [5.41, 5.74) is 1.91. The number of fused-ring (bicyclic) bond motifs is 1. The Morgan fingerprint density at radius 2 is 1.91 bits per heavy atom. The minimum atomic E-state index is -1.12. The van der Waals surface area contributed by atoms with E-state index in [-0.39, 0.29) is 16.6 Å². The van der Waals surface area contributed by atoms with Crippen LogP contribution in [0.1, 0.15) is 53.2 Å². The number of nitrogens with one attached hydrogen (secondary N) is 1. The molecule has 1 aromatic heterocycles. The fourth-order valence-electron chi connectivity index (χ4n) is 4.13. The molecule has 1 saturated carbocycles. The Bertz CT molecular complexity index is 1090. The maximum atomic E-state index is 13.2. The van der Waals surface area contributed by atoms with Gasteiger partial charge in [0.15, 0.2) is 0 Å². The topological polar surface area (TPSA) is 71.4 Å². The molecule has 6 nitrogen and oxygen atoms in total. The van der Waals surface area contributed by atoms with Gasteiger partial charge in [0, 0.05) is 42.0 Å². The third-order valence-electron chi connectivity index (χ3n) is 6.33. The summed E-state index contributed by atoms with van der Waals surface area (Å²) in [6, 6.07) is 10.7. The molecule has 2 amide bonds. The summed E-state index contributed by atoms with van der Waals surface area (Å²) in [5.74, 6) is -0.340. The van der Waals surface area contributed by atoms with Gasteiger partial charge in [-0.15, -0.1) is 6.58 Å². The van der Waals surface area contributed by atoms with Gasteiger partial charge < -0.3 is 14.8 Å². The number of rotatable bonds is 8. The number of amides is 2. The molecule has 1 unspecified atom stereocenters. The predicted molar refractivity (Wildman–Crippen MR) is 127 cm³/mol. The lowest BCUT2D eigenvalue weighted by Gasteiger charge is -2.34. The van der Waals surface area contributed by atoms with Crippen molar-refractivity contribution in [1.29, 1.82) is 0 Å². The Labute approximate surface area is 196 Å². The average Bonchev–Trinajstić information content (AvgIpc) is 3.43. The lowest BCUT2D eigenvalue weighted by Crippen LogP contribution is -2.48. The smallest absolute Gasteiger partial charge is 0.270 e. The summed E-state index contributed by atoms with van der Waals surface area (Å²) in [6.07, 6.45) is 3.43. The van der Waals surface area contributed by atoms with Crippen LogP contribution in [0.5, 0.6) is 0 Å². The molecule has 0 radical (unpaired) electrons. The van der Waals surface area contributed by atoms with Crippen molar-refractivity contribution in [3.63, 3.8) is 0 Å². The van der Waals surface area contributed by atoms with E-state index in [0.717, 1.165) is 18.4 Å². The molecular weight excluding hydrogens is 446 g/mol. The first-order chi connectivity index (χ1) is 15.2. The van der Waals surface area contributed by atoms with Gasteiger partial charge in [0.25, 0.3) is 11.8 Å². The lowest BCUT2D eigenvalue weighted by molar-refractivity contribution is 0.0698. The third kappa shape index (κ3) is 4.28. The Hall–Kier alpha value is -2.38. The Morgan fingerprint density at radius 3 is 2.53 bits per heavy atom. The molecule has 1 atom stereocenters. The number of carbonyl (C=O) groups excluding carboxylic acids is 2. The van der Waals surface area contributed by atoms with Crippen molar-refractivity contribution in [2.24, 2.45) is 0 Å². The summed E-state index contributed by atoms with van der Waals surface area (Å²) < 4.78 is 14.1. The summed E-state index contributed by atoms with van der Waals surface area (Å²) in [5, 5.41) is 3.55. The van der Waals surface area contributed by atoms with Crippen LogP contribution < -0.4 is 5.32 Å². The number of aromatic nitrogens is 1. The molecule has 1 aliphatic heterocycles. The van der Waals surface area contributed by atoms with Gasteiger partial charge >= 0.3 is 0 Å². The number of hydrogen-bond acceptors (Lipinski definition) is 3. The van der Waals surface area contributed by atoms with Crippen LogP contribution in [-0.4, -0.2) is 48.1 Å². The predicted octanol–water partition coefficient (Wildman–Crippen LogP) is 3.77. The van der Waals surface area contributed by atoms with Crippen LogP contribution in [0.25, 0.3) is 0 Å². The highest BCUT2D eigenvalue weighted by Crippen LogP contribution is 2.46. The Balaban J connectivity index is 1.44. The molecule has 1 fully saturated rings. The number of benzene rings is 1. The zero-order valence-electron chi connectivity index (χ0n) is 18.4. The zero-order chi connectivity index (χ0) is 23.1.